The summed E-state index contributed by atoms with van der Waals surface area (Å²) in [5.41, 5.74) is 1.88. The van der Waals surface area contributed by atoms with Crippen LogP contribution in [0.4, 0.5) is 5.13 Å². The van der Waals surface area contributed by atoms with Gasteiger partial charge in [0.25, 0.3) is 5.91 Å². The number of anilines is 1. The number of hydrogen-bond acceptors (Lipinski definition) is 7. The molecule has 0 saturated carbocycles. The van der Waals surface area contributed by atoms with E-state index >= 15 is 0 Å². The van der Waals surface area contributed by atoms with E-state index in [1.54, 1.807) is 0 Å². The number of esters is 1. The molecule has 0 aliphatic heterocycles. The van der Waals surface area contributed by atoms with Crippen molar-refractivity contribution >= 4 is 48.6 Å². The number of carbonyl (C=O) groups excluding carboxylic acids is 2. The number of thiazole rings is 1. The average molecular weight is 419 g/mol. The maximum atomic E-state index is 12.1. The number of fused-ring (bicyclic) bond motifs is 1. The number of nitrogens with zero attached hydrogens (tertiary/aromatic N) is 1. The van der Waals surface area contributed by atoms with E-state index in [0.717, 1.165) is 15.8 Å². The van der Waals surface area contributed by atoms with Gasteiger partial charge in [0.05, 0.1) is 20.7 Å². The molecule has 28 heavy (non-hydrogen) atoms. The molecule has 0 atom stereocenters. The maximum Gasteiger partial charge on any atom is 0.338 e. The van der Waals surface area contributed by atoms with Crippen molar-refractivity contribution in [1.29, 1.82) is 0 Å². The van der Waals surface area contributed by atoms with Crippen molar-refractivity contribution in [3.05, 3.63) is 53.6 Å². The minimum Gasteiger partial charge on any atom is -0.452 e. The third kappa shape index (κ3) is 4.53. The van der Waals surface area contributed by atoms with Gasteiger partial charge in [0.1, 0.15) is 0 Å². The zero-order chi connectivity index (χ0) is 20.3. The molecular formula is C18H17N3O5S2. The molecule has 1 aromatic heterocycles. The minimum absolute atomic E-state index is 0.0274. The molecule has 1 amide bonds. The number of aryl methyl sites for hydroxylation is 1. The number of carbonyl (C=O) groups is 2. The van der Waals surface area contributed by atoms with Crippen LogP contribution in [-0.4, -0.2) is 38.9 Å². The van der Waals surface area contributed by atoms with Gasteiger partial charge in [-0.05, 0) is 49.9 Å². The highest BCUT2D eigenvalue weighted by Crippen LogP contribution is 2.26. The van der Waals surface area contributed by atoms with Gasteiger partial charge in [-0.3, -0.25) is 10.1 Å². The second-order valence-electron chi connectivity index (χ2n) is 5.85. The summed E-state index contributed by atoms with van der Waals surface area (Å²) in [7, 11) is -2.41. The van der Waals surface area contributed by atoms with Crippen LogP contribution in [0.15, 0.2) is 47.4 Å². The molecule has 1 heterocycles. The summed E-state index contributed by atoms with van der Waals surface area (Å²) in [6, 6.07) is 11.1. The van der Waals surface area contributed by atoms with Crippen molar-refractivity contribution in [2.45, 2.75) is 11.8 Å². The van der Waals surface area contributed by atoms with Crippen LogP contribution in [-0.2, 0) is 19.6 Å². The van der Waals surface area contributed by atoms with E-state index in [1.807, 2.05) is 25.1 Å². The second kappa shape index (κ2) is 8.05. The monoisotopic (exact) mass is 419 g/mol. The molecule has 0 unspecified atom stereocenters. The molecule has 0 radical (unpaired) electrons. The van der Waals surface area contributed by atoms with Crippen LogP contribution >= 0.6 is 11.3 Å². The van der Waals surface area contributed by atoms with Gasteiger partial charge in [-0.2, -0.15) is 0 Å². The average Bonchev–Trinajstić information content (AvgIpc) is 3.07. The van der Waals surface area contributed by atoms with Gasteiger partial charge in [-0.1, -0.05) is 23.5 Å². The van der Waals surface area contributed by atoms with Gasteiger partial charge >= 0.3 is 5.97 Å². The van der Waals surface area contributed by atoms with E-state index in [9.17, 15) is 18.0 Å². The normalized spacial score (nSPS) is 11.4. The van der Waals surface area contributed by atoms with Crippen LogP contribution in [0.25, 0.3) is 10.2 Å². The lowest BCUT2D eigenvalue weighted by atomic mass is 10.2. The summed E-state index contributed by atoms with van der Waals surface area (Å²) < 4.78 is 31.7. The number of hydrogen-bond donors (Lipinski definition) is 2. The quantitative estimate of drug-likeness (QED) is 0.593. The number of nitrogens with one attached hydrogen (secondary N) is 2. The van der Waals surface area contributed by atoms with Gasteiger partial charge in [0, 0.05) is 0 Å². The fourth-order valence-corrected chi connectivity index (χ4v) is 4.12. The first-order valence-electron chi connectivity index (χ1n) is 8.16. The molecule has 0 aliphatic rings. The highest BCUT2D eigenvalue weighted by atomic mass is 32.2. The minimum atomic E-state index is -3.69. The summed E-state index contributed by atoms with van der Waals surface area (Å²) in [5.74, 6) is -1.34. The number of rotatable bonds is 6. The highest BCUT2D eigenvalue weighted by molar-refractivity contribution is 7.89. The number of aromatic nitrogens is 1. The summed E-state index contributed by atoms with van der Waals surface area (Å²) in [4.78, 5) is 28.4. The lowest BCUT2D eigenvalue weighted by Gasteiger charge is -2.07. The van der Waals surface area contributed by atoms with Crippen LogP contribution in [0.3, 0.4) is 0 Å². The molecule has 0 aliphatic carbocycles. The molecule has 10 heteroatoms. The molecule has 2 aromatic carbocycles. The van der Waals surface area contributed by atoms with Crippen molar-refractivity contribution in [3.63, 3.8) is 0 Å². The third-order valence-electron chi connectivity index (χ3n) is 3.77. The molecule has 0 bridgehead atoms. The van der Waals surface area contributed by atoms with Crippen molar-refractivity contribution in [2.24, 2.45) is 0 Å². The van der Waals surface area contributed by atoms with Crippen LogP contribution < -0.4 is 10.0 Å². The topological polar surface area (TPSA) is 114 Å². The van der Waals surface area contributed by atoms with E-state index in [0.29, 0.717) is 5.13 Å². The van der Waals surface area contributed by atoms with E-state index in [-0.39, 0.29) is 10.5 Å². The van der Waals surface area contributed by atoms with Crippen molar-refractivity contribution in [1.82, 2.24) is 9.71 Å². The Balaban J connectivity index is 1.62. The van der Waals surface area contributed by atoms with E-state index in [1.165, 1.54) is 42.6 Å². The number of amides is 1. The maximum absolute atomic E-state index is 12.1. The van der Waals surface area contributed by atoms with Gasteiger partial charge in [-0.25, -0.2) is 22.9 Å². The second-order valence-corrected chi connectivity index (χ2v) is 8.77. The smallest absolute Gasteiger partial charge is 0.338 e. The number of ether oxygens (including phenoxy) is 1. The van der Waals surface area contributed by atoms with E-state index < -0.39 is 28.5 Å². The Bertz CT molecular complexity index is 1150. The Hall–Kier alpha value is -2.82. The van der Waals surface area contributed by atoms with Crippen LogP contribution in [0, 0.1) is 6.92 Å². The molecule has 3 aromatic rings. The Morgan fingerprint density at radius 1 is 1.18 bits per heavy atom. The highest BCUT2D eigenvalue weighted by Gasteiger charge is 2.16. The van der Waals surface area contributed by atoms with Crippen molar-refractivity contribution < 1.29 is 22.7 Å². The first-order chi connectivity index (χ1) is 13.3. The van der Waals surface area contributed by atoms with Gasteiger partial charge in [0.2, 0.25) is 10.0 Å². The largest absolute Gasteiger partial charge is 0.452 e. The zero-order valence-electron chi connectivity index (χ0n) is 15.1. The van der Waals surface area contributed by atoms with Crippen LogP contribution in [0.1, 0.15) is 15.9 Å². The van der Waals surface area contributed by atoms with Gasteiger partial charge in [0.15, 0.2) is 11.7 Å². The Kier molecular flexibility index (Phi) is 5.73. The van der Waals surface area contributed by atoms with E-state index in [4.69, 9.17) is 4.74 Å². The first-order valence-corrected chi connectivity index (χ1v) is 10.5. The van der Waals surface area contributed by atoms with E-state index in [2.05, 4.69) is 15.0 Å². The number of benzene rings is 2. The number of sulfonamides is 1. The zero-order valence-corrected chi connectivity index (χ0v) is 16.7. The molecule has 0 saturated heterocycles. The molecule has 2 N–H and O–H groups in total. The van der Waals surface area contributed by atoms with Crippen LogP contribution in [0.5, 0.6) is 0 Å². The standard InChI is InChI=1S/C18H17N3O5S2/c1-11-6-7-14-15(8-11)27-18(20-14)21-16(22)10-26-17(23)12-4-3-5-13(9-12)28(24,25)19-2/h3-9,19H,10H2,1-2H3,(H,20,21,22). The fourth-order valence-electron chi connectivity index (χ4n) is 2.36. The predicted octanol–water partition coefficient (Wildman–Crippen LogP) is 2.31. The SMILES string of the molecule is CNS(=O)(=O)c1cccc(C(=O)OCC(=O)Nc2nc3ccc(C)cc3s2)c1. The first kappa shape index (κ1) is 19.9. The molecule has 8 nitrogen and oxygen atoms in total. The van der Waals surface area contributed by atoms with Gasteiger partial charge < -0.3 is 4.74 Å². The lowest BCUT2D eigenvalue weighted by Crippen LogP contribution is -2.21. The lowest BCUT2D eigenvalue weighted by molar-refractivity contribution is -0.119. The van der Waals surface area contributed by atoms with Crippen molar-refractivity contribution in [3.8, 4) is 0 Å². The van der Waals surface area contributed by atoms with Crippen molar-refractivity contribution in [2.75, 3.05) is 19.0 Å². The summed E-state index contributed by atoms with van der Waals surface area (Å²) in [5, 5.41) is 2.99. The fraction of sp³-hybridized carbons (Fsp3) is 0.167. The predicted molar refractivity (Wildman–Crippen MR) is 106 cm³/mol. The molecule has 0 fully saturated rings. The third-order valence-corrected chi connectivity index (χ3v) is 6.12. The summed E-state index contributed by atoms with van der Waals surface area (Å²) in [6.07, 6.45) is 0. The molecular weight excluding hydrogens is 402 g/mol. The summed E-state index contributed by atoms with van der Waals surface area (Å²) in [6.45, 7) is 1.45. The Morgan fingerprint density at radius 2 is 1.96 bits per heavy atom. The summed E-state index contributed by atoms with van der Waals surface area (Å²) >= 11 is 1.32. The Labute approximate surface area is 165 Å². The van der Waals surface area contributed by atoms with Crippen LogP contribution in [0.2, 0.25) is 0 Å². The van der Waals surface area contributed by atoms with Gasteiger partial charge in [-0.15, -0.1) is 0 Å². The Morgan fingerprint density at radius 3 is 2.71 bits per heavy atom. The molecule has 0 spiro atoms. The molecule has 146 valence electrons. The molecule has 3 rings (SSSR count).